The van der Waals surface area contributed by atoms with Crippen LogP contribution in [0.15, 0.2) is 24.3 Å². The van der Waals surface area contributed by atoms with Crippen LogP contribution in [-0.2, 0) is 9.53 Å². The highest BCUT2D eigenvalue weighted by molar-refractivity contribution is 5.92. The summed E-state index contributed by atoms with van der Waals surface area (Å²) in [5, 5.41) is 6.09. The van der Waals surface area contributed by atoms with Gasteiger partial charge >= 0.3 is 0 Å². The molecule has 2 unspecified atom stereocenters. The summed E-state index contributed by atoms with van der Waals surface area (Å²) in [6.07, 6.45) is 1.38. The van der Waals surface area contributed by atoms with E-state index in [0.717, 1.165) is 30.8 Å². The van der Waals surface area contributed by atoms with E-state index in [1.807, 2.05) is 31.2 Å². The summed E-state index contributed by atoms with van der Waals surface area (Å²) in [4.78, 5) is 11.8. The fraction of sp³-hybridized carbons (Fsp3) is 0.533. The molecular weight excluding hydrogens is 240 g/mol. The van der Waals surface area contributed by atoms with Crippen molar-refractivity contribution in [3.63, 3.8) is 0 Å². The molecule has 2 N–H and O–H groups in total. The fourth-order valence-electron chi connectivity index (χ4n) is 2.34. The molecule has 0 bridgehead atoms. The van der Waals surface area contributed by atoms with Gasteiger partial charge in [-0.1, -0.05) is 12.1 Å². The van der Waals surface area contributed by atoms with Crippen LogP contribution in [0.25, 0.3) is 0 Å². The molecular formula is C15H22N2O2. The van der Waals surface area contributed by atoms with Gasteiger partial charge in [0, 0.05) is 18.8 Å². The summed E-state index contributed by atoms with van der Waals surface area (Å²) in [5.41, 5.74) is 1.99. The third-order valence-electron chi connectivity index (χ3n) is 3.53. The first-order valence-electron chi connectivity index (χ1n) is 6.84. The first-order chi connectivity index (χ1) is 9.15. The number of hydrogen-bond acceptors (Lipinski definition) is 3. The van der Waals surface area contributed by atoms with Crippen molar-refractivity contribution in [2.45, 2.75) is 26.4 Å². The second-order valence-corrected chi connectivity index (χ2v) is 5.17. The standard InChI is InChI=1S/C15H22N2O2/c1-11-4-3-5-14(8-11)17-15(18)10-16-9-13-6-7-19-12(13)2/h3-5,8,12-13,16H,6-7,9-10H2,1-2H3,(H,17,18). The van der Waals surface area contributed by atoms with E-state index in [4.69, 9.17) is 4.74 Å². The van der Waals surface area contributed by atoms with Gasteiger partial charge < -0.3 is 15.4 Å². The highest BCUT2D eigenvalue weighted by atomic mass is 16.5. The summed E-state index contributed by atoms with van der Waals surface area (Å²) in [5.74, 6) is 0.518. The topological polar surface area (TPSA) is 50.4 Å². The molecule has 1 heterocycles. The Hall–Kier alpha value is -1.39. The quantitative estimate of drug-likeness (QED) is 0.852. The number of carbonyl (C=O) groups excluding carboxylic acids is 1. The summed E-state index contributed by atoms with van der Waals surface area (Å²) in [7, 11) is 0. The second kappa shape index (κ2) is 6.68. The Morgan fingerprint density at radius 1 is 1.47 bits per heavy atom. The molecule has 1 fully saturated rings. The zero-order valence-corrected chi connectivity index (χ0v) is 11.6. The number of nitrogens with one attached hydrogen (secondary N) is 2. The maximum Gasteiger partial charge on any atom is 0.238 e. The van der Waals surface area contributed by atoms with Crippen LogP contribution in [0.3, 0.4) is 0 Å². The molecule has 19 heavy (non-hydrogen) atoms. The normalized spacial score (nSPS) is 22.4. The second-order valence-electron chi connectivity index (χ2n) is 5.17. The lowest BCUT2D eigenvalue weighted by atomic mass is 10.0. The Morgan fingerprint density at radius 2 is 2.32 bits per heavy atom. The van der Waals surface area contributed by atoms with Gasteiger partial charge in [-0.3, -0.25) is 4.79 Å². The van der Waals surface area contributed by atoms with Crippen molar-refractivity contribution in [3.8, 4) is 0 Å². The van der Waals surface area contributed by atoms with Crippen LogP contribution >= 0.6 is 0 Å². The molecule has 1 aromatic rings. The Morgan fingerprint density at radius 3 is 3.00 bits per heavy atom. The van der Waals surface area contributed by atoms with Crippen molar-refractivity contribution in [2.75, 3.05) is 25.0 Å². The van der Waals surface area contributed by atoms with E-state index in [0.29, 0.717) is 18.6 Å². The van der Waals surface area contributed by atoms with Crippen molar-refractivity contribution in [1.29, 1.82) is 0 Å². The highest BCUT2D eigenvalue weighted by Gasteiger charge is 2.23. The van der Waals surface area contributed by atoms with E-state index in [1.165, 1.54) is 0 Å². The molecule has 1 saturated heterocycles. The van der Waals surface area contributed by atoms with Crippen molar-refractivity contribution in [3.05, 3.63) is 29.8 Å². The molecule has 0 aromatic heterocycles. The Kier molecular flexibility index (Phi) is 4.93. The predicted molar refractivity (Wildman–Crippen MR) is 76.2 cm³/mol. The van der Waals surface area contributed by atoms with E-state index in [-0.39, 0.29) is 5.91 Å². The van der Waals surface area contributed by atoms with Gasteiger partial charge in [0.15, 0.2) is 0 Å². The number of ether oxygens (including phenoxy) is 1. The molecule has 4 nitrogen and oxygen atoms in total. The Balaban J connectivity index is 1.70. The van der Waals surface area contributed by atoms with Crippen LogP contribution in [0.4, 0.5) is 5.69 Å². The average Bonchev–Trinajstić information content (AvgIpc) is 2.75. The minimum absolute atomic E-state index is 0.00262. The highest BCUT2D eigenvalue weighted by Crippen LogP contribution is 2.19. The molecule has 0 spiro atoms. The number of amides is 1. The van der Waals surface area contributed by atoms with E-state index in [1.54, 1.807) is 0 Å². The molecule has 0 radical (unpaired) electrons. The number of carbonyl (C=O) groups is 1. The van der Waals surface area contributed by atoms with Gasteiger partial charge in [0.05, 0.1) is 12.6 Å². The predicted octanol–water partition coefficient (Wildman–Crippen LogP) is 1.95. The number of rotatable bonds is 5. The zero-order valence-electron chi connectivity index (χ0n) is 11.6. The van der Waals surface area contributed by atoms with Crippen molar-refractivity contribution in [1.82, 2.24) is 5.32 Å². The van der Waals surface area contributed by atoms with Crippen molar-refractivity contribution >= 4 is 11.6 Å². The first-order valence-corrected chi connectivity index (χ1v) is 6.84. The zero-order chi connectivity index (χ0) is 13.7. The van der Waals surface area contributed by atoms with Gasteiger partial charge in [0.2, 0.25) is 5.91 Å². The first kappa shape index (κ1) is 14.0. The largest absolute Gasteiger partial charge is 0.378 e. The van der Waals surface area contributed by atoms with Gasteiger partial charge in [-0.25, -0.2) is 0 Å². The van der Waals surface area contributed by atoms with Crippen LogP contribution in [0.1, 0.15) is 18.9 Å². The molecule has 1 aliphatic rings. The molecule has 1 amide bonds. The van der Waals surface area contributed by atoms with Crippen LogP contribution in [0, 0.1) is 12.8 Å². The third-order valence-corrected chi connectivity index (χ3v) is 3.53. The summed E-state index contributed by atoms with van der Waals surface area (Å²) < 4.78 is 5.49. The van der Waals surface area contributed by atoms with Crippen LogP contribution in [0.5, 0.6) is 0 Å². The molecule has 0 saturated carbocycles. The number of hydrogen-bond donors (Lipinski definition) is 2. The summed E-state index contributed by atoms with van der Waals surface area (Å²) >= 11 is 0. The van der Waals surface area contributed by atoms with Gasteiger partial charge in [-0.15, -0.1) is 0 Å². The van der Waals surface area contributed by atoms with Crippen LogP contribution in [0.2, 0.25) is 0 Å². The average molecular weight is 262 g/mol. The van der Waals surface area contributed by atoms with Gasteiger partial charge in [0.1, 0.15) is 0 Å². The molecule has 4 heteroatoms. The molecule has 2 rings (SSSR count). The molecule has 1 aliphatic heterocycles. The van der Waals surface area contributed by atoms with Gasteiger partial charge in [0.25, 0.3) is 0 Å². The fourth-order valence-corrected chi connectivity index (χ4v) is 2.34. The third kappa shape index (κ3) is 4.33. The molecule has 1 aromatic carbocycles. The van der Waals surface area contributed by atoms with E-state index in [2.05, 4.69) is 17.6 Å². The van der Waals surface area contributed by atoms with Crippen molar-refractivity contribution < 1.29 is 9.53 Å². The summed E-state index contributed by atoms with van der Waals surface area (Å²) in [6.45, 7) is 6.12. The minimum Gasteiger partial charge on any atom is -0.378 e. The van der Waals surface area contributed by atoms with E-state index in [9.17, 15) is 4.79 Å². The van der Waals surface area contributed by atoms with Gasteiger partial charge in [-0.05, 0) is 43.9 Å². The lowest BCUT2D eigenvalue weighted by Crippen LogP contribution is -2.33. The smallest absolute Gasteiger partial charge is 0.238 e. The number of benzene rings is 1. The van der Waals surface area contributed by atoms with E-state index >= 15 is 0 Å². The molecule has 0 aliphatic carbocycles. The van der Waals surface area contributed by atoms with Crippen molar-refractivity contribution in [2.24, 2.45) is 5.92 Å². The summed E-state index contributed by atoms with van der Waals surface area (Å²) in [6, 6.07) is 7.81. The molecule has 104 valence electrons. The number of aryl methyl sites for hydroxylation is 1. The number of anilines is 1. The Labute approximate surface area is 114 Å². The lowest BCUT2D eigenvalue weighted by molar-refractivity contribution is -0.115. The van der Waals surface area contributed by atoms with Crippen LogP contribution < -0.4 is 10.6 Å². The van der Waals surface area contributed by atoms with Crippen LogP contribution in [-0.4, -0.2) is 31.7 Å². The SMILES string of the molecule is Cc1cccc(NC(=O)CNCC2CCOC2C)c1. The lowest BCUT2D eigenvalue weighted by Gasteiger charge is -2.14. The maximum atomic E-state index is 11.8. The van der Waals surface area contributed by atoms with Gasteiger partial charge in [-0.2, -0.15) is 0 Å². The molecule has 2 atom stereocenters. The minimum atomic E-state index is -0.00262. The maximum absolute atomic E-state index is 11.8. The monoisotopic (exact) mass is 262 g/mol. The van der Waals surface area contributed by atoms with E-state index < -0.39 is 0 Å². The Bertz CT molecular complexity index is 434.